The Kier molecular flexibility index (Phi) is 3.99. The van der Waals surface area contributed by atoms with Crippen molar-refractivity contribution in [2.45, 2.75) is 18.2 Å². The number of nitrogens with zero attached hydrogens (tertiary/aromatic N) is 1. The first-order valence-electron chi connectivity index (χ1n) is 5.50. The van der Waals surface area contributed by atoms with Gasteiger partial charge in [0.15, 0.2) is 5.17 Å². The van der Waals surface area contributed by atoms with E-state index in [-0.39, 0.29) is 23.4 Å². The van der Waals surface area contributed by atoms with E-state index in [0.717, 1.165) is 17.3 Å². The topological polar surface area (TPSA) is 84.5 Å². The van der Waals surface area contributed by atoms with Crippen LogP contribution in [0, 0.1) is 0 Å². The van der Waals surface area contributed by atoms with Crippen LogP contribution in [-0.2, 0) is 16.1 Å². The minimum atomic E-state index is -0.473. The number of nitrogens with two attached hydrogens (primary N) is 1. The normalized spacial score (nSPS) is 19.2. The lowest BCUT2D eigenvalue weighted by atomic mass is 10.2. The van der Waals surface area contributed by atoms with Gasteiger partial charge in [-0.3, -0.25) is 9.59 Å². The van der Waals surface area contributed by atoms with Gasteiger partial charge in [0.1, 0.15) is 0 Å². The highest BCUT2D eigenvalue weighted by molar-refractivity contribution is 8.15. The number of amides is 2. The summed E-state index contributed by atoms with van der Waals surface area (Å²) in [7, 11) is 0. The van der Waals surface area contributed by atoms with Crippen LogP contribution in [0.2, 0.25) is 0 Å². The highest BCUT2D eigenvalue weighted by atomic mass is 32.2. The van der Waals surface area contributed by atoms with Gasteiger partial charge in [-0.05, 0) is 5.56 Å². The van der Waals surface area contributed by atoms with Crippen LogP contribution in [0.15, 0.2) is 35.3 Å². The molecule has 0 saturated carbocycles. The first-order valence-corrected chi connectivity index (χ1v) is 6.38. The molecule has 2 rings (SSSR count). The second-order valence-corrected chi connectivity index (χ2v) is 5.08. The largest absolute Gasteiger partial charge is 0.378 e. The second-order valence-electron chi connectivity index (χ2n) is 3.86. The molecule has 0 spiro atoms. The molecule has 0 radical (unpaired) electrons. The Bertz CT molecular complexity index is 487. The smallest absolute Gasteiger partial charge is 0.249 e. The summed E-state index contributed by atoms with van der Waals surface area (Å²) in [6.07, 6.45) is 0.103. The molecule has 94 valence electrons. The summed E-state index contributed by atoms with van der Waals surface area (Å²) in [5.74, 6) is -0.527. The molecule has 0 aliphatic carbocycles. The maximum absolute atomic E-state index is 11.9. The molecule has 1 aliphatic heterocycles. The molecular weight excluding hydrogens is 250 g/mol. The minimum absolute atomic E-state index is 0.103. The Morgan fingerprint density at radius 1 is 1.44 bits per heavy atom. The summed E-state index contributed by atoms with van der Waals surface area (Å²) in [6, 6.07) is 9.58. The van der Waals surface area contributed by atoms with E-state index in [4.69, 9.17) is 5.73 Å². The summed E-state index contributed by atoms with van der Waals surface area (Å²) >= 11 is 1.13. The fraction of sp³-hybridized carbons (Fsp3) is 0.250. The molecule has 1 aromatic rings. The predicted molar refractivity (Wildman–Crippen MR) is 70.9 cm³/mol. The molecule has 0 fully saturated rings. The second kappa shape index (κ2) is 5.68. The number of carbonyl (C=O) groups excluding carboxylic acids is 2. The molecular formula is C12H13N3O2S. The third-order valence-corrected chi connectivity index (χ3v) is 3.46. The summed E-state index contributed by atoms with van der Waals surface area (Å²) in [5.41, 5.74) is 6.49. The molecule has 0 unspecified atom stereocenters. The third kappa shape index (κ3) is 3.33. The van der Waals surface area contributed by atoms with Crippen molar-refractivity contribution in [3.63, 3.8) is 0 Å². The van der Waals surface area contributed by atoms with Gasteiger partial charge in [0, 0.05) is 6.54 Å². The van der Waals surface area contributed by atoms with Crippen molar-refractivity contribution in [3.05, 3.63) is 35.9 Å². The van der Waals surface area contributed by atoms with Crippen molar-refractivity contribution in [1.29, 1.82) is 0 Å². The van der Waals surface area contributed by atoms with Crippen LogP contribution in [0.3, 0.4) is 0 Å². The molecule has 0 saturated heterocycles. The minimum Gasteiger partial charge on any atom is -0.378 e. The van der Waals surface area contributed by atoms with Gasteiger partial charge in [-0.2, -0.15) is 4.99 Å². The van der Waals surface area contributed by atoms with Crippen molar-refractivity contribution in [2.75, 3.05) is 0 Å². The van der Waals surface area contributed by atoms with Crippen LogP contribution in [0.4, 0.5) is 0 Å². The van der Waals surface area contributed by atoms with Gasteiger partial charge < -0.3 is 11.1 Å². The van der Waals surface area contributed by atoms with Crippen LogP contribution in [0.5, 0.6) is 0 Å². The van der Waals surface area contributed by atoms with Gasteiger partial charge >= 0.3 is 0 Å². The van der Waals surface area contributed by atoms with E-state index in [2.05, 4.69) is 10.3 Å². The van der Waals surface area contributed by atoms with E-state index in [1.54, 1.807) is 0 Å². The van der Waals surface area contributed by atoms with Crippen molar-refractivity contribution in [1.82, 2.24) is 5.32 Å². The summed E-state index contributed by atoms with van der Waals surface area (Å²) in [6.45, 7) is 0.446. The average molecular weight is 263 g/mol. The Morgan fingerprint density at radius 3 is 2.83 bits per heavy atom. The molecule has 18 heavy (non-hydrogen) atoms. The number of thioether (sulfide) groups is 1. The zero-order valence-corrected chi connectivity index (χ0v) is 10.4. The Morgan fingerprint density at radius 2 is 2.17 bits per heavy atom. The van der Waals surface area contributed by atoms with Crippen LogP contribution >= 0.6 is 11.8 Å². The van der Waals surface area contributed by atoms with Crippen LogP contribution in [0.25, 0.3) is 0 Å². The molecule has 2 amide bonds. The average Bonchev–Trinajstić information content (AvgIpc) is 2.36. The summed E-state index contributed by atoms with van der Waals surface area (Å²) in [5, 5.41) is 2.47. The number of benzene rings is 1. The number of nitrogens with one attached hydrogen (secondary N) is 1. The maximum Gasteiger partial charge on any atom is 0.249 e. The van der Waals surface area contributed by atoms with Crippen LogP contribution < -0.4 is 11.1 Å². The Hall–Kier alpha value is -1.82. The molecule has 1 aliphatic rings. The van der Waals surface area contributed by atoms with Crippen molar-refractivity contribution < 1.29 is 9.59 Å². The zero-order valence-electron chi connectivity index (χ0n) is 9.63. The van der Waals surface area contributed by atoms with E-state index in [0.29, 0.717) is 6.54 Å². The van der Waals surface area contributed by atoms with E-state index < -0.39 is 5.25 Å². The number of amidine groups is 1. The maximum atomic E-state index is 11.9. The fourth-order valence-corrected chi connectivity index (χ4v) is 2.45. The summed E-state index contributed by atoms with van der Waals surface area (Å²) in [4.78, 5) is 26.6. The molecule has 5 nitrogen and oxygen atoms in total. The van der Waals surface area contributed by atoms with E-state index in [1.165, 1.54) is 0 Å². The molecule has 1 atom stereocenters. The van der Waals surface area contributed by atoms with Crippen molar-refractivity contribution in [2.24, 2.45) is 10.7 Å². The van der Waals surface area contributed by atoms with E-state index in [9.17, 15) is 9.59 Å². The van der Waals surface area contributed by atoms with E-state index >= 15 is 0 Å². The number of aliphatic imine (C=N–C) groups is 1. The van der Waals surface area contributed by atoms with Crippen LogP contribution in [0.1, 0.15) is 12.0 Å². The molecule has 0 aromatic heterocycles. The van der Waals surface area contributed by atoms with Gasteiger partial charge in [-0.25, -0.2) is 0 Å². The highest BCUT2D eigenvalue weighted by Crippen LogP contribution is 2.20. The monoisotopic (exact) mass is 263 g/mol. The standard InChI is InChI=1S/C12H13N3O2S/c13-12-15-10(16)6-9(18-12)11(17)14-7-8-4-2-1-3-5-8/h1-5,9H,6-7H2,(H,14,17)(H2,13,15,16)/t9-/m0/s1. The molecule has 1 aromatic carbocycles. The van der Waals surface area contributed by atoms with E-state index in [1.807, 2.05) is 30.3 Å². The van der Waals surface area contributed by atoms with Gasteiger partial charge in [0.2, 0.25) is 11.8 Å². The van der Waals surface area contributed by atoms with Gasteiger partial charge in [0.05, 0.1) is 11.7 Å². The van der Waals surface area contributed by atoms with Crippen molar-refractivity contribution >= 4 is 28.7 Å². The van der Waals surface area contributed by atoms with Gasteiger partial charge in [0.25, 0.3) is 0 Å². The molecule has 6 heteroatoms. The number of hydrogen-bond donors (Lipinski definition) is 2. The zero-order chi connectivity index (χ0) is 13.0. The molecule has 3 N–H and O–H groups in total. The quantitative estimate of drug-likeness (QED) is 0.838. The highest BCUT2D eigenvalue weighted by Gasteiger charge is 2.27. The number of hydrogen-bond acceptors (Lipinski definition) is 4. The molecule has 1 heterocycles. The van der Waals surface area contributed by atoms with Crippen LogP contribution in [-0.4, -0.2) is 22.2 Å². The first kappa shape index (κ1) is 12.6. The lowest BCUT2D eigenvalue weighted by Gasteiger charge is -2.17. The Labute approximate surface area is 109 Å². The fourth-order valence-electron chi connectivity index (χ4n) is 1.59. The SMILES string of the molecule is NC1=NC(=O)C[C@@H](C(=O)NCc2ccccc2)S1. The van der Waals surface area contributed by atoms with Gasteiger partial charge in [-0.15, -0.1) is 0 Å². The molecule has 0 bridgehead atoms. The number of carbonyl (C=O) groups is 2. The van der Waals surface area contributed by atoms with Crippen molar-refractivity contribution in [3.8, 4) is 0 Å². The lowest BCUT2D eigenvalue weighted by Crippen LogP contribution is -2.37. The first-order chi connectivity index (χ1) is 8.65. The Balaban J connectivity index is 1.89. The third-order valence-electron chi connectivity index (χ3n) is 2.46. The number of rotatable bonds is 3. The summed E-state index contributed by atoms with van der Waals surface area (Å²) < 4.78 is 0. The lowest BCUT2D eigenvalue weighted by molar-refractivity contribution is -0.124. The van der Waals surface area contributed by atoms with Gasteiger partial charge in [-0.1, -0.05) is 42.1 Å². The predicted octanol–water partition coefficient (Wildman–Crippen LogP) is 0.650.